The first-order valence-electron chi connectivity index (χ1n) is 7.25. The first-order valence-corrected chi connectivity index (χ1v) is 8.80. The summed E-state index contributed by atoms with van der Waals surface area (Å²) < 4.78 is 6.22. The second kappa shape index (κ2) is 9.08. The van der Waals surface area contributed by atoms with E-state index in [1.807, 2.05) is 19.1 Å². The van der Waals surface area contributed by atoms with Crippen LogP contribution in [0.3, 0.4) is 0 Å². The summed E-state index contributed by atoms with van der Waals surface area (Å²) in [5.41, 5.74) is 1.60. The van der Waals surface area contributed by atoms with E-state index >= 15 is 0 Å². The predicted octanol–water partition coefficient (Wildman–Crippen LogP) is 4.20. The molecular weight excluding hydrogens is 431 g/mol. The zero-order chi connectivity index (χ0) is 18.4. The summed E-state index contributed by atoms with van der Waals surface area (Å²) in [6.45, 7) is 1.49. The van der Waals surface area contributed by atoms with E-state index in [0.29, 0.717) is 21.5 Å². The fraction of sp³-hybridized carbons (Fsp3) is 0.176. The van der Waals surface area contributed by atoms with Gasteiger partial charge in [-0.1, -0.05) is 39.1 Å². The molecule has 0 fully saturated rings. The number of carbonyl (C=O) groups is 2. The molecular formula is C17H15BrCl2N2O3. The van der Waals surface area contributed by atoms with Crippen LogP contribution in [0.15, 0.2) is 40.9 Å². The quantitative estimate of drug-likeness (QED) is 0.700. The van der Waals surface area contributed by atoms with Gasteiger partial charge in [0.1, 0.15) is 5.75 Å². The van der Waals surface area contributed by atoms with Gasteiger partial charge in [0.05, 0.1) is 16.6 Å². The van der Waals surface area contributed by atoms with E-state index < -0.39 is 5.91 Å². The van der Waals surface area contributed by atoms with Crippen molar-refractivity contribution in [2.75, 3.05) is 18.5 Å². The van der Waals surface area contributed by atoms with E-state index in [4.69, 9.17) is 27.9 Å². The Balaban J connectivity index is 1.77. The molecule has 0 spiro atoms. The van der Waals surface area contributed by atoms with Crippen LogP contribution >= 0.6 is 39.1 Å². The minimum atomic E-state index is -0.422. The van der Waals surface area contributed by atoms with Gasteiger partial charge in [-0.25, -0.2) is 0 Å². The summed E-state index contributed by atoms with van der Waals surface area (Å²) in [5, 5.41) is 5.96. The normalized spacial score (nSPS) is 10.2. The number of halogens is 3. The Morgan fingerprint density at radius 2 is 1.84 bits per heavy atom. The van der Waals surface area contributed by atoms with Gasteiger partial charge in [0.25, 0.3) is 5.91 Å². The zero-order valence-corrected chi connectivity index (χ0v) is 16.3. The second-order valence-corrected chi connectivity index (χ2v) is 6.88. The fourth-order valence-electron chi connectivity index (χ4n) is 1.91. The molecule has 2 rings (SSSR count). The topological polar surface area (TPSA) is 67.4 Å². The molecule has 5 nitrogen and oxygen atoms in total. The first-order chi connectivity index (χ1) is 11.8. The molecule has 0 aliphatic carbocycles. The summed E-state index contributed by atoms with van der Waals surface area (Å²) in [6.07, 6.45) is 0. The Hall–Kier alpha value is -1.76. The molecule has 132 valence electrons. The van der Waals surface area contributed by atoms with Crippen LogP contribution in [0, 0.1) is 6.92 Å². The molecule has 2 N–H and O–H groups in total. The Bertz CT molecular complexity index is 799. The lowest BCUT2D eigenvalue weighted by molar-refractivity contribution is -0.125. The average molecular weight is 446 g/mol. The first kappa shape index (κ1) is 19.6. The van der Waals surface area contributed by atoms with Gasteiger partial charge in [-0.2, -0.15) is 0 Å². The van der Waals surface area contributed by atoms with Crippen LogP contribution in [-0.2, 0) is 9.59 Å². The number of ether oxygens (including phenoxy) is 1. The zero-order valence-electron chi connectivity index (χ0n) is 13.2. The highest BCUT2D eigenvalue weighted by molar-refractivity contribution is 9.10. The highest BCUT2D eigenvalue weighted by Crippen LogP contribution is 2.26. The van der Waals surface area contributed by atoms with Crippen molar-refractivity contribution in [3.63, 3.8) is 0 Å². The van der Waals surface area contributed by atoms with Crippen LogP contribution in [0.1, 0.15) is 5.56 Å². The van der Waals surface area contributed by atoms with Gasteiger partial charge in [-0.3, -0.25) is 9.59 Å². The molecule has 0 unspecified atom stereocenters. The Labute approximate surface area is 163 Å². The number of anilines is 1. The molecule has 25 heavy (non-hydrogen) atoms. The number of carbonyl (C=O) groups excluding carboxylic acids is 2. The average Bonchev–Trinajstić information content (AvgIpc) is 2.56. The van der Waals surface area contributed by atoms with Crippen molar-refractivity contribution in [1.29, 1.82) is 0 Å². The molecule has 0 radical (unpaired) electrons. The Morgan fingerprint density at radius 3 is 2.52 bits per heavy atom. The van der Waals surface area contributed by atoms with Gasteiger partial charge in [-0.05, 0) is 42.8 Å². The van der Waals surface area contributed by atoms with Gasteiger partial charge in [0, 0.05) is 16.2 Å². The summed E-state index contributed by atoms with van der Waals surface area (Å²) >= 11 is 15.0. The molecule has 0 bridgehead atoms. The highest BCUT2D eigenvalue weighted by atomic mass is 79.9. The molecule has 0 aliphatic heterocycles. The van der Waals surface area contributed by atoms with Gasteiger partial charge < -0.3 is 15.4 Å². The number of benzene rings is 2. The van der Waals surface area contributed by atoms with Crippen molar-refractivity contribution in [1.82, 2.24) is 5.32 Å². The SMILES string of the molecule is Cc1cc(Br)ccc1NC(=O)CNC(=O)COc1ccc(Cl)c(Cl)c1. The molecule has 2 aromatic rings. The van der Waals surface area contributed by atoms with E-state index in [1.54, 1.807) is 18.2 Å². The lowest BCUT2D eigenvalue weighted by Gasteiger charge is -2.10. The summed E-state index contributed by atoms with van der Waals surface area (Å²) in [7, 11) is 0. The second-order valence-electron chi connectivity index (χ2n) is 5.15. The van der Waals surface area contributed by atoms with E-state index in [-0.39, 0.29) is 19.1 Å². The minimum absolute atomic E-state index is 0.154. The van der Waals surface area contributed by atoms with E-state index in [9.17, 15) is 9.59 Å². The lowest BCUT2D eigenvalue weighted by atomic mass is 10.2. The Morgan fingerprint density at radius 1 is 1.08 bits per heavy atom. The number of amides is 2. The number of rotatable bonds is 6. The molecule has 0 aromatic heterocycles. The van der Waals surface area contributed by atoms with E-state index in [1.165, 1.54) is 6.07 Å². The number of nitrogens with one attached hydrogen (secondary N) is 2. The van der Waals surface area contributed by atoms with Crippen molar-refractivity contribution in [2.24, 2.45) is 0 Å². The van der Waals surface area contributed by atoms with Crippen LogP contribution in [-0.4, -0.2) is 25.0 Å². The third kappa shape index (κ3) is 6.23. The van der Waals surface area contributed by atoms with E-state index in [2.05, 4.69) is 26.6 Å². The maximum atomic E-state index is 11.9. The van der Waals surface area contributed by atoms with Crippen LogP contribution in [0.2, 0.25) is 10.0 Å². The third-order valence-corrected chi connectivity index (χ3v) is 4.40. The number of hydrogen-bond acceptors (Lipinski definition) is 3. The van der Waals surface area contributed by atoms with E-state index in [0.717, 1.165) is 10.0 Å². The van der Waals surface area contributed by atoms with Crippen LogP contribution in [0.5, 0.6) is 5.75 Å². The molecule has 0 atom stereocenters. The highest BCUT2D eigenvalue weighted by Gasteiger charge is 2.09. The molecule has 8 heteroatoms. The molecule has 2 aromatic carbocycles. The van der Waals surface area contributed by atoms with Crippen molar-refractivity contribution in [2.45, 2.75) is 6.92 Å². The smallest absolute Gasteiger partial charge is 0.258 e. The standard InChI is InChI=1S/C17H15BrCl2N2O3/c1-10-6-11(18)2-5-15(10)22-16(23)8-21-17(24)9-25-12-3-4-13(19)14(20)7-12/h2-7H,8-9H2,1H3,(H,21,24)(H,22,23). The van der Waals surface area contributed by atoms with Crippen LogP contribution < -0.4 is 15.4 Å². The van der Waals surface area contributed by atoms with Crippen molar-refractivity contribution >= 4 is 56.6 Å². The number of aryl methyl sites for hydroxylation is 1. The van der Waals surface area contributed by atoms with Crippen molar-refractivity contribution < 1.29 is 14.3 Å². The van der Waals surface area contributed by atoms with Gasteiger partial charge in [-0.15, -0.1) is 0 Å². The van der Waals surface area contributed by atoms with Crippen LogP contribution in [0.4, 0.5) is 5.69 Å². The van der Waals surface area contributed by atoms with Gasteiger partial charge in [0.15, 0.2) is 6.61 Å². The maximum Gasteiger partial charge on any atom is 0.258 e. The van der Waals surface area contributed by atoms with Gasteiger partial charge >= 0.3 is 0 Å². The van der Waals surface area contributed by atoms with Crippen molar-refractivity contribution in [3.05, 3.63) is 56.5 Å². The largest absolute Gasteiger partial charge is 0.484 e. The predicted molar refractivity (Wildman–Crippen MR) is 102 cm³/mol. The summed E-state index contributed by atoms with van der Waals surface area (Å²) in [6, 6.07) is 10.2. The van der Waals surface area contributed by atoms with Crippen molar-refractivity contribution in [3.8, 4) is 5.75 Å². The molecule has 0 heterocycles. The Kier molecular flexibility index (Phi) is 7.11. The maximum absolute atomic E-state index is 11.9. The molecule has 0 saturated carbocycles. The number of hydrogen-bond donors (Lipinski definition) is 2. The van der Waals surface area contributed by atoms with Crippen LogP contribution in [0.25, 0.3) is 0 Å². The van der Waals surface area contributed by atoms with Gasteiger partial charge in [0.2, 0.25) is 5.91 Å². The fourth-order valence-corrected chi connectivity index (χ4v) is 2.67. The molecule has 0 saturated heterocycles. The summed E-state index contributed by atoms with van der Waals surface area (Å²) in [5.74, 6) is -0.332. The molecule has 2 amide bonds. The minimum Gasteiger partial charge on any atom is -0.484 e. The molecule has 0 aliphatic rings. The lowest BCUT2D eigenvalue weighted by Crippen LogP contribution is -2.35. The third-order valence-electron chi connectivity index (χ3n) is 3.17. The summed E-state index contributed by atoms with van der Waals surface area (Å²) in [4.78, 5) is 23.7. The monoisotopic (exact) mass is 444 g/mol.